The minimum Gasteiger partial charge on any atom is -0.357 e. The number of guanidine groups is 1. The van der Waals surface area contributed by atoms with Crippen LogP contribution in [0.3, 0.4) is 0 Å². The Labute approximate surface area is 182 Å². The zero-order chi connectivity index (χ0) is 19.7. The number of rotatable bonds is 7. The van der Waals surface area contributed by atoms with E-state index < -0.39 is 0 Å². The first-order valence-corrected chi connectivity index (χ1v) is 9.48. The van der Waals surface area contributed by atoms with Gasteiger partial charge in [0.2, 0.25) is 0 Å². The number of nitrogens with one attached hydrogen (secondary N) is 2. The number of halogens is 1. The molecule has 0 bridgehead atoms. The monoisotopic (exact) mass is 488 g/mol. The van der Waals surface area contributed by atoms with Gasteiger partial charge in [-0.3, -0.25) is 4.79 Å². The Hall–Kier alpha value is -1.31. The standard InChI is InChI=1S/C21H36N4O.HI/c1-8-22-20(24-16(2)13-14-21(3,4)5)23-15-17-9-11-18(12-10-17)19(26)25(6)7;/h9-12,16H,8,13-15H2,1-7H3,(H2,22,23,24);1H. The summed E-state index contributed by atoms with van der Waals surface area (Å²) in [5.41, 5.74) is 2.13. The van der Waals surface area contributed by atoms with Gasteiger partial charge < -0.3 is 15.5 Å². The SMILES string of the molecule is CCNC(=NCc1ccc(C(=O)N(C)C)cc1)NC(C)CCC(C)(C)C.I. The molecule has 0 fully saturated rings. The summed E-state index contributed by atoms with van der Waals surface area (Å²) in [6, 6.07) is 8.02. The molecule has 27 heavy (non-hydrogen) atoms. The summed E-state index contributed by atoms with van der Waals surface area (Å²) in [5.74, 6) is 0.852. The van der Waals surface area contributed by atoms with Crippen LogP contribution in [-0.4, -0.2) is 43.4 Å². The molecule has 0 saturated heterocycles. The minimum absolute atomic E-state index is 0. The van der Waals surface area contributed by atoms with Crippen molar-refractivity contribution in [2.45, 2.75) is 60.0 Å². The van der Waals surface area contributed by atoms with Gasteiger partial charge in [0.25, 0.3) is 5.91 Å². The number of aliphatic imine (C=N–C) groups is 1. The van der Waals surface area contributed by atoms with Gasteiger partial charge in [0, 0.05) is 32.2 Å². The molecule has 0 saturated carbocycles. The highest BCUT2D eigenvalue weighted by Gasteiger charge is 2.13. The van der Waals surface area contributed by atoms with Crippen molar-refractivity contribution in [2.75, 3.05) is 20.6 Å². The zero-order valence-corrected chi connectivity index (χ0v) is 20.3. The Morgan fingerprint density at radius 1 is 1.19 bits per heavy atom. The van der Waals surface area contributed by atoms with E-state index in [9.17, 15) is 4.79 Å². The lowest BCUT2D eigenvalue weighted by Crippen LogP contribution is -2.42. The second-order valence-corrected chi connectivity index (χ2v) is 8.24. The normalized spacial score (nSPS) is 12.8. The van der Waals surface area contributed by atoms with Gasteiger partial charge in [-0.2, -0.15) is 0 Å². The molecule has 1 aromatic rings. The molecular weight excluding hydrogens is 451 g/mol. The maximum absolute atomic E-state index is 11.9. The molecule has 1 unspecified atom stereocenters. The molecule has 1 amide bonds. The Bertz CT molecular complexity index is 591. The summed E-state index contributed by atoms with van der Waals surface area (Å²) in [6.45, 7) is 12.5. The molecule has 0 aliphatic heterocycles. The maximum Gasteiger partial charge on any atom is 0.253 e. The molecule has 1 aromatic carbocycles. The Morgan fingerprint density at radius 2 is 1.78 bits per heavy atom. The van der Waals surface area contributed by atoms with Crippen molar-refractivity contribution in [3.63, 3.8) is 0 Å². The van der Waals surface area contributed by atoms with Crippen LogP contribution < -0.4 is 10.6 Å². The second kappa shape index (κ2) is 12.2. The summed E-state index contributed by atoms with van der Waals surface area (Å²) >= 11 is 0. The number of hydrogen-bond acceptors (Lipinski definition) is 2. The van der Waals surface area contributed by atoms with Crippen molar-refractivity contribution < 1.29 is 4.79 Å². The van der Waals surface area contributed by atoms with Crippen LogP contribution in [0.1, 0.15) is 63.4 Å². The van der Waals surface area contributed by atoms with Crippen molar-refractivity contribution >= 4 is 35.8 Å². The molecule has 0 aliphatic rings. The van der Waals surface area contributed by atoms with Crippen LogP contribution in [0, 0.1) is 5.41 Å². The lowest BCUT2D eigenvalue weighted by atomic mass is 9.89. The first-order chi connectivity index (χ1) is 12.1. The van der Waals surface area contributed by atoms with E-state index in [1.165, 1.54) is 6.42 Å². The highest BCUT2D eigenvalue weighted by Crippen LogP contribution is 2.21. The van der Waals surface area contributed by atoms with E-state index in [0.717, 1.165) is 24.5 Å². The summed E-state index contributed by atoms with van der Waals surface area (Å²) in [5, 5.41) is 6.79. The number of carbonyl (C=O) groups is 1. The van der Waals surface area contributed by atoms with Gasteiger partial charge in [-0.15, -0.1) is 24.0 Å². The van der Waals surface area contributed by atoms with E-state index in [-0.39, 0.29) is 29.9 Å². The molecule has 154 valence electrons. The number of nitrogens with zero attached hydrogens (tertiary/aromatic N) is 2. The predicted octanol–water partition coefficient (Wildman–Crippen LogP) is 4.28. The van der Waals surface area contributed by atoms with E-state index in [4.69, 9.17) is 0 Å². The third-order valence-corrected chi connectivity index (χ3v) is 4.08. The topological polar surface area (TPSA) is 56.7 Å². The van der Waals surface area contributed by atoms with Crippen molar-refractivity contribution in [1.82, 2.24) is 15.5 Å². The Morgan fingerprint density at radius 3 is 2.26 bits per heavy atom. The molecular formula is C21H37IN4O. The highest BCUT2D eigenvalue weighted by molar-refractivity contribution is 14.0. The first-order valence-electron chi connectivity index (χ1n) is 9.48. The van der Waals surface area contributed by atoms with Gasteiger partial charge in [0.05, 0.1) is 6.54 Å². The van der Waals surface area contributed by atoms with Gasteiger partial charge in [-0.1, -0.05) is 32.9 Å². The fourth-order valence-corrected chi connectivity index (χ4v) is 2.46. The van der Waals surface area contributed by atoms with E-state index >= 15 is 0 Å². The zero-order valence-electron chi connectivity index (χ0n) is 17.9. The van der Waals surface area contributed by atoms with Crippen LogP contribution in [0.25, 0.3) is 0 Å². The summed E-state index contributed by atoms with van der Waals surface area (Å²) in [6.07, 6.45) is 2.27. The summed E-state index contributed by atoms with van der Waals surface area (Å²) in [4.78, 5) is 18.2. The van der Waals surface area contributed by atoms with E-state index in [1.54, 1.807) is 19.0 Å². The molecule has 0 heterocycles. The fourth-order valence-electron chi connectivity index (χ4n) is 2.46. The molecule has 0 aromatic heterocycles. The number of carbonyl (C=O) groups excluding carboxylic acids is 1. The molecule has 0 radical (unpaired) electrons. The van der Waals surface area contributed by atoms with Crippen molar-refractivity contribution in [1.29, 1.82) is 0 Å². The third-order valence-electron chi connectivity index (χ3n) is 4.08. The average Bonchev–Trinajstić information content (AvgIpc) is 2.57. The van der Waals surface area contributed by atoms with Crippen LogP contribution in [0.2, 0.25) is 0 Å². The van der Waals surface area contributed by atoms with Crippen LogP contribution >= 0.6 is 24.0 Å². The van der Waals surface area contributed by atoms with Crippen molar-refractivity contribution in [3.05, 3.63) is 35.4 Å². The van der Waals surface area contributed by atoms with Gasteiger partial charge in [-0.05, 0) is 49.8 Å². The molecule has 1 rings (SSSR count). The minimum atomic E-state index is 0. The smallest absolute Gasteiger partial charge is 0.253 e. The average molecular weight is 488 g/mol. The number of amides is 1. The molecule has 1 atom stereocenters. The molecule has 0 aliphatic carbocycles. The fraction of sp³-hybridized carbons (Fsp3) is 0.619. The molecule has 0 spiro atoms. The van der Waals surface area contributed by atoms with Crippen LogP contribution in [0.5, 0.6) is 0 Å². The summed E-state index contributed by atoms with van der Waals surface area (Å²) in [7, 11) is 3.52. The van der Waals surface area contributed by atoms with Gasteiger partial charge in [0.1, 0.15) is 0 Å². The van der Waals surface area contributed by atoms with Crippen LogP contribution in [-0.2, 0) is 6.54 Å². The van der Waals surface area contributed by atoms with Crippen molar-refractivity contribution in [3.8, 4) is 0 Å². The highest BCUT2D eigenvalue weighted by atomic mass is 127. The lowest BCUT2D eigenvalue weighted by Gasteiger charge is -2.23. The number of hydrogen-bond donors (Lipinski definition) is 2. The lowest BCUT2D eigenvalue weighted by molar-refractivity contribution is 0.0827. The van der Waals surface area contributed by atoms with E-state index in [1.807, 2.05) is 24.3 Å². The molecule has 2 N–H and O–H groups in total. The first kappa shape index (κ1) is 25.7. The Kier molecular flexibility index (Phi) is 11.6. The third kappa shape index (κ3) is 10.6. The predicted molar refractivity (Wildman–Crippen MR) is 126 cm³/mol. The van der Waals surface area contributed by atoms with Gasteiger partial charge >= 0.3 is 0 Å². The summed E-state index contributed by atoms with van der Waals surface area (Å²) < 4.78 is 0. The molecule has 6 heteroatoms. The van der Waals surface area contributed by atoms with Crippen LogP contribution in [0.15, 0.2) is 29.3 Å². The largest absolute Gasteiger partial charge is 0.357 e. The van der Waals surface area contributed by atoms with E-state index in [2.05, 4.69) is 50.2 Å². The second-order valence-electron chi connectivity index (χ2n) is 8.24. The van der Waals surface area contributed by atoms with E-state index in [0.29, 0.717) is 23.6 Å². The van der Waals surface area contributed by atoms with Gasteiger partial charge in [-0.25, -0.2) is 4.99 Å². The maximum atomic E-state index is 11.9. The number of benzene rings is 1. The Balaban J connectivity index is 0.00000676. The van der Waals surface area contributed by atoms with Crippen molar-refractivity contribution in [2.24, 2.45) is 10.4 Å². The molecule has 5 nitrogen and oxygen atoms in total. The van der Waals surface area contributed by atoms with Crippen LogP contribution in [0.4, 0.5) is 0 Å². The quantitative estimate of drug-likeness (QED) is 0.342. The van der Waals surface area contributed by atoms with Gasteiger partial charge in [0.15, 0.2) is 5.96 Å².